The van der Waals surface area contributed by atoms with Gasteiger partial charge in [0.05, 0.1) is 6.04 Å². The van der Waals surface area contributed by atoms with Crippen LogP contribution in [0.4, 0.5) is 0 Å². The van der Waals surface area contributed by atoms with Crippen molar-refractivity contribution in [3.63, 3.8) is 0 Å². The van der Waals surface area contributed by atoms with E-state index in [0.29, 0.717) is 6.42 Å². The highest BCUT2D eigenvalue weighted by atomic mass is 16.1. The predicted octanol–water partition coefficient (Wildman–Crippen LogP) is 2.30. The van der Waals surface area contributed by atoms with Gasteiger partial charge in [0, 0.05) is 1.43 Å². The number of nitrogens with two attached hydrogens (primary N) is 1. The van der Waals surface area contributed by atoms with Gasteiger partial charge >= 0.3 is 0 Å². The summed E-state index contributed by atoms with van der Waals surface area (Å²) in [4.78, 5) is 10.4. The molecule has 84 valence electrons. The van der Waals surface area contributed by atoms with Crippen molar-refractivity contribution >= 4 is 6.29 Å². The van der Waals surface area contributed by atoms with Gasteiger partial charge in [0.2, 0.25) is 0 Å². The molecule has 0 aliphatic heterocycles. The Bertz CT molecular complexity index is 327. The quantitative estimate of drug-likeness (QED) is 0.773. The average Bonchev–Trinajstić information content (AvgIpc) is 2.17. The molecule has 0 saturated heterocycles. The summed E-state index contributed by atoms with van der Waals surface area (Å²) in [6.07, 6.45) is 1.41. The third-order valence-electron chi connectivity index (χ3n) is 2.47. The van der Waals surface area contributed by atoms with Crippen LogP contribution in [0.5, 0.6) is 0 Å². The molecule has 15 heavy (non-hydrogen) atoms. The number of hydrogen-bond donors (Lipinski definition) is 1. The van der Waals surface area contributed by atoms with Crippen LogP contribution < -0.4 is 5.73 Å². The van der Waals surface area contributed by atoms with E-state index in [0.717, 1.165) is 11.8 Å². The van der Waals surface area contributed by atoms with E-state index in [2.05, 4.69) is 32.9 Å². The van der Waals surface area contributed by atoms with Crippen LogP contribution in [0, 0.1) is 0 Å². The van der Waals surface area contributed by atoms with E-state index in [9.17, 15) is 4.79 Å². The first-order valence-electron chi connectivity index (χ1n) is 5.24. The fraction of sp³-hybridized carbons (Fsp3) is 0.462. The third-order valence-corrected chi connectivity index (χ3v) is 2.47. The van der Waals surface area contributed by atoms with E-state index in [-0.39, 0.29) is 12.9 Å². The van der Waals surface area contributed by atoms with Crippen molar-refractivity contribution in [2.24, 2.45) is 5.73 Å². The standard InChI is InChI=1S/C13H19NO.H2/c1-13(2,3)11-6-4-10(5-7-11)8-12(14)9-15;/h4-7,9,12H,8,14H2,1-3H3;1H/t12-;/m0./s1. The van der Waals surface area contributed by atoms with Crippen molar-refractivity contribution in [1.29, 1.82) is 0 Å². The monoisotopic (exact) mass is 207 g/mol. The molecular weight excluding hydrogens is 186 g/mol. The summed E-state index contributed by atoms with van der Waals surface area (Å²) in [5, 5.41) is 0. The molecule has 2 heteroatoms. The Kier molecular flexibility index (Phi) is 3.64. The maximum absolute atomic E-state index is 10.4. The molecule has 0 saturated carbocycles. The first-order chi connectivity index (χ1) is 6.93. The highest BCUT2D eigenvalue weighted by Crippen LogP contribution is 2.22. The van der Waals surface area contributed by atoms with Crippen LogP contribution in [0.25, 0.3) is 0 Å². The van der Waals surface area contributed by atoms with Crippen molar-refractivity contribution in [3.05, 3.63) is 35.4 Å². The average molecular weight is 207 g/mol. The summed E-state index contributed by atoms with van der Waals surface area (Å²) in [7, 11) is 0. The highest BCUT2D eigenvalue weighted by Gasteiger charge is 2.13. The van der Waals surface area contributed by atoms with Crippen LogP contribution in [0.2, 0.25) is 0 Å². The maximum Gasteiger partial charge on any atom is 0.137 e. The summed E-state index contributed by atoms with van der Waals surface area (Å²) < 4.78 is 0. The summed E-state index contributed by atoms with van der Waals surface area (Å²) >= 11 is 0. The summed E-state index contributed by atoms with van der Waals surface area (Å²) in [5.41, 5.74) is 8.14. The molecule has 0 unspecified atom stereocenters. The Morgan fingerprint density at radius 2 is 1.87 bits per heavy atom. The van der Waals surface area contributed by atoms with Gasteiger partial charge in [-0.25, -0.2) is 0 Å². The SMILES string of the molecule is CC(C)(C)c1ccc(C[C@H](N)C=O)cc1.[HH]. The molecule has 0 aromatic heterocycles. The normalized spacial score (nSPS) is 13.6. The molecule has 2 nitrogen and oxygen atoms in total. The molecule has 1 atom stereocenters. The van der Waals surface area contributed by atoms with Gasteiger partial charge in [-0.15, -0.1) is 0 Å². The second-order valence-electron chi connectivity index (χ2n) is 4.95. The molecule has 0 aliphatic rings. The van der Waals surface area contributed by atoms with E-state index >= 15 is 0 Å². The molecular formula is C13H21NO. The van der Waals surface area contributed by atoms with Gasteiger partial charge in [-0.05, 0) is 23.0 Å². The first kappa shape index (κ1) is 11.9. The van der Waals surface area contributed by atoms with Crippen LogP contribution in [0.1, 0.15) is 33.3 Å². The van der Waals surface area contributed by atoms with Gasteiger partial charge < -0.3 is 10.5 Å². The molecule has 0 heterocycles. The summed E-state index contributed by atoms with van der Waals surface area (Å²) in [6, 6.07) is 7.92. The number of aldehydes is 1. The number of carbonyl (C=O) groups excluding carboxylic acids is 1. The lowest BCUT2D eigenvalue weighted by molar-refractivity contribution is -0.108. The Labute approximate surface area is 93.0 Å². The second kappa shape index (κ2) is 4.58. The van der Waals surface area contributed by atoms with Crippen molar-refractivity contribution in [3.8, 4) is 0 Å². The van der Waals surface area contributed by atoms with E-state index in [1.54, 1.807) is 0 Å². The van der Waals surface area contributed by atoms with Gasteiger partial charge in [0.25, 0.3) is 0 Å². The Morgan fingerprint density at radius 3 is 2.27 bits per heavy atom. The Balaban J connectivity index is 0.00000225. The Morgan fingerprint density at radius 1 is 1.33 bits per heavy atom. The third kappa shape index (κ3) is 3.48. The molecule has 1 rings (SSSR count). The minimum absolute atomic E-state index is 0. The first-order valence-corrected chi connectivity index (χ1v) is 5.24. The lowest BCUT2D eigenvalue weighted by Gasteiger charge is -2.19. The molecule has 1 aromatic carbocycles. The van der Waals surface area contributed by atoms with Crippen molar-refractivity contribution in [1.82, 2.24) is 0 Å². The minimum Gasteiger partial charge on any atom is -0.321 e. The Hall–Kier alpha value is -1.15. The predicted molar refractivity (Wildman–Crippen MR) is 65.0 cm³/mol. The fourth-order valence-electron chi connectivity index (χ4n) is 1.46. The molecule has 0 amide bonds. The number of benzene rings is 1. The molecule has 0 bridgehead atoms. The summed E-state index contributed by atoms with van der Waals surface area (Å²) in [6.45, 7) is 6.54. The zero-order valence-electron chi connectivity index (χ0n) is 9.66. The second-order valence-corrected chi connectivity index (χ2v) is 4.95. The highest BCUT2D eigenvalue weighted by molar-refractivity contribution is 5.57. The molecule has 0 radical (unpaired) electrons. The van der Waals surface area contributed by atoms with Crippen molar-refractivity contribution in [2.45, 2.75) is 38.6 Å². The van der Waals surface area contributed by atoms with Gasteiger partial charge in [0.1, 0.15) is 6.29 Å². The maximum atomic E-state index is 10.4. The van der Waals surface area contributed by atoms with Crippen LogP contribution in [-0.4, -0.2) is 12.3 Å². The fourth-order valence-corrected chi connectivity index (χ4v) is 1.46. The number of carbonyl (C=O) groups is 1. The lowest BCUT2D eigenvalue weighted by Crippen LogP contribution is -2.24. The zero-order valence-corrected chi connectivity index (χ0v) is 9.66. The zero-order chi connectivity index (χ0) is 11.5. The van der Waals surface area contributed by atoms with E-state index < -0.39 is 0 Å². The molecule has 0 fully saturated rings. The van der Waals surface area contributed by atoms with Gasteiger partial charge in [-0.1, -0.05) is 45.0 Å². The van der Waals surface area contributed by atoms with Crippen LogP contribution in [0.3, 0.4) is 0 Å². The number of rotatable bonds is 3. The van der Waals surface area contributed by atoms with Crippen LogP contribution >= 0.6 is 0 Å². The van der Waals surface area contributed by atoms with E-state index in [1.807, 2.05) is 12.1 Å². The number of hydrogen-bond acceptors (Lipinski definition) is 2. The van der Waals surface area contributed by atoms with E-state index in [1.165, 1.54) is 5.56 Å². The van der Waals surface area contributed by atoms with Gasteiger partial charge in [-0.3, -0.25) is 0 Å². The van der Waals surface area contributed by atoms with Crippen LogP contribution in [-0.2, 0) is 16.6 Å². The van der Waals surface area contributed by atoms with Crippen LogP contribution in [0.15, 0.2) is 24.3 Å². The molecule has 0 spiro atoms. The van der Waals surface area contributed by atoms with Gasteiger partial charge in [-0.2, -0.15) is 0 Å². The van der Waals surface area contributed by atoms with Crippen molar-refractivity contribution < 1.29 is 6.22 Å². The molecule has 1 aromatic rings. The van der Waals surface area contributed by atoms with E-state index in [4.69, 9.17) is 5.73 Å². The smallest absolute Gasteiger partial charge is 0.137 e. The van der Waals surface area contributed by atoms with Gasteiger partial charge in [0.15, 0.2) is 0 Å². The largest absolute Gasteiger partial charge is 0.321 e. The molecule has 2 N–H and O–H groups in total. The topological polar surface area (TPSA) is 43.1 Å². The van der Waals surface area contributed by atoms with Crippen molar-refractivity contribution in [2.75, 3.05) is 0 Å². The summed E-state index contributed by atoms with van der Waals surface area (Å²) in [5.74, 6) is 0. The minimum atomic E-state index is -0.384. The molecule has 0 aliphatic carbocycles. The lowest BCUT2D eigenvalue weighted by atomic mass is 9.86.